The number of nitrogens with zero attached hydrogens (tertiary/aromatic N) is 2. The maximum absolute atomic E-state index is 13.2. The lowest BCUT2D eigenvalue weighted by molar-refractivity contribution is -0.142. The van der Waals surface area contributed by atoms with E-state index in [1.54, 1.807) is 48.7 Å². The average molecular weight is 477 g/mol. The Morgan fingerprint density at radius 2 is 1.76 bits per heavy atom. The van der Waals surface area contributed by atoms with Crippen molar-refractivity contribution in [3.8, 4) is 0 Å². The highest BCUT2D eigenvalue weighted by Crippen LogP contribution is 2.24. The summed E-state index contributed by atoms with van der Waals surface area (Å²) in [5.41, 5.74) is 0.594. The number of methoxy groups -OCH3 is 2. The van der Waals surface area contributed by atoms with Gasteiger partial charge in [0.15, 0.2) is 0 Å². The standard InChI is InChI=1S/C23H29ClN4O5/c1-32-15-13-26-23(31)22(17-6-8-18(24)9-7-17)28(14-16-33-2)21(30)11-10-20(29)27-19-5-3-4-12-25-19/h3-9,12,22H,10-11,13-16H2,1-2H3,(H,26,31)(H,25,27,29)/t22-/m0/s1. The quantitative estimate of drug-likeness (QED) is 0.430. The van der Waals surface area contributed by atoms with E-state index in [0.717, 1.165) is 0 Å². The molecule has 3 amide bonds. The van der Waals surface area contributed by atoms with Gasteiger partial charge in [-0.1, -0.05) is 29.8 Å². The number of hydrogen-bond donors (Lipinski definition) is 2. The number of hydrogen-bond acceptors (Lipinski definition) is 6. The van der Waals surface area contributed by atoms with E-state index in [1.165, 1.54) is 19.1 Å². The molecule has 33 heavy (non-hydrogen) atoms. The summed E-state index contributed by atoms with van der Waals surface area (Å²) < 4.78 is 10.2. The summed E-state index contributed by atoms with van der Waals surface area (Å²) in [6, 6.07) is 10.9. The number of rotatable bonds is 13. The van der Waals surface area contributed by atoms with Crippen molar-refractivity contribution >= 4 is 35.1 Å². The van der Waals surface area contributed by atoms with Crippen molar-refractivity contribution in [1.29, 1.82) is 0 Å². The van der Waals surface area contributed by atoms with Gasteiger partial charge in [0.2, 0.25) is 17.7 Å². The van der Waals surface area contributed by atoms with Gasteiger partial charge in [0.05, 0.1) is 13.2 Å². The van der Waals surface area contributed by atoms with Crippen LogP contribution in [-0.2, 0) is 23.9 Å². The zero-order valence-corrected chi connectivity index (χ0v) is 19.5. The minimum atomic E-state index is -0.916. The lowest BCUT2D eigenvalue weighted by Gasteiger charge is -2.31. The van der Waals surface area contributed by atoms with Gasteiger partial charge in [-0.15, -0.1) is 0 Å². The van der Waals surface area contributed by atoms with Crippen LogP contribution in [0, 0.1) is 0 Å². The van der Waals surface area contributed by atoms with E-state index in [-0.39, 0.29) is 50.3 Å². The van der Waals surface area contributed by atoms with Gasteiger partial charge >= 0.3 is 0 Å². The molecule has 1 heterocycles. The Kier molecular flexibility index (Phi) is 11.3. The fraction of sp³-hybridized carbons (Fsp3) is 0.391. The van der Waals surface area contributed by atoms with Crippen LogP contribution in [0.2, 0.25) is 5.02 Å². The van der Waals surface area contributed by atoms with Crippen molar-refractivity contribution in [3.63, 3.8) is 0 Å². The van der Waals surface area contributed by atoms with E-state index in [2.05, 4.69) is 15.6 Å². The van der Waals surface area contributed by atoms with Gasteiger partial charge in [0, 0.05) is 51.4 Å². The SMILES string of the molecule is COCCNC(=O)[C@H](c1ccc(Cl)cc1)N(CCOC)C(=O)CCC(=O)Nc1ccccn1. The predicted octanol–water partition coefficient (Wildman–Crippen LogP) is 2.43. The van der Waals surface area contributed by atoms with Crippen molar-refractivity contribution in [2.24, 2.45) is 0 Å². The Morgan fingerprint density at radius 1 is 1.03 bits per heavy atom. The van der Waals surface area contributed by atoms with Crippen molar-refractivity contribution in [1.82, 2.24) is 15.2 Å². The molecule has 0 aliphatic heterocycles. The van der Waals surface area contributed by atoms with Gasteiger partial charge in [-0.25, -0.2) is 4.98 Å². The monoisotopic (exact) mass is 476 g/mol. The van der Waals surface area contributed by atoms with E-state index < -0.39 is 6.04 Å². The molecule has 9 nitrogen and oxygen atoms in total. The first-order valence-electron chi connectivity index (χ1n) is 10.5. The number of ether oxygens (including phenoxy) is 2. The van der Waals surface area contributed by atoms with Crippen LogP contribution in [0.1, 0.15) is 24.4 Å². The highest BCUT2D eigenvalue weighted by Gasteiger charge is 2.31. The molecule has 178 valence electrons. The molecule has 2 N–H and O–H groups in total. The maximum atomic E-state index is 13.2. The summed E-state index contributed by atoms with van der Waals surface area (Å²) in [5, 5.41) is 5.95. The molecule has 1 aromatic heterocycles. The Labute approximate surface area is 198 Å². The van der Waals surface area contributed by atoms with Crippen LogP contribution in [0.4, 0.5) is 5.82 Å². The highest BCUT2D eigenvalue weighted by molar-refractivity contribution is 6.30. The number of carbonyl (C=O) groups is 3. The van der Waals surface area contributed by atoms with Crippen molar-refractivity contribution in [3.05, 3.63) is 59.2 Å². The summed E-state index contributed by atoms with van der Waals surface area (Å²) in [6.45, 7) is 1.01. The second-order valence-electron chi connectivity index (χ2n) is 7.08. The van der Waals surface area contributed by atoms with Crippen molar-refractivity contribution in [2.75, 3.05) is 45.8 Å². The second-order valence-corrected chi connectivity index (χ2v) is 7.52. The van der Waals surface area contributed by atoms with Crippen LogP contribution >= 0.6 is 11.6 Å². The summed E-state index contributed by atoms with van der Waals surface area (Å²) in [7, 11) is 3.05. The molecule has 0 radical (unpaired) electrons. The molecule has 0 spiro atoms. The number of anilines is 1. The molecule has 0 saturated heterocycles. The number of carbonyl (C=O) groups excluding carboxylic acids is 3. The third-order valence-electron chi connectivity index (χ3n) is 4.71. The molecular formula is C23H29ClN4O5. The number of pyridine rings is 1. The lowest BCUT2D eigenvalue weighted by Crippen LogP contribution is -2.45. The van der Waals surface area contributed by atoms with Gasteiger partial charge in [-0.2, -0.15) is 0 Å². The van der Waals surface area contributed by atoms with Crippen molar-refractivity contribution < 1.29 is 23.9 Å². The Hall–Kier alpha value is -3.01. The lowest BCUT2D eigenvalue weighted by atomic mass is 10.0. The average Bonchev–Trinajstić information content (AvgIpc) is 2.82. The van der Waals surface area contributed by atoms with E-state index >= 15 is 0 Å². The first-order chi connectivity index (χ1) is 16.0. The van der Waals surface area contributed by atoms with E-state index in [0.29, 0.717) is 23.0 Å². The summed E-state index contributed by atoms with van der Waals surface area (Å²) in [6.07, 6.45) is 1.42. The first-order valence-corrected chi connectivity index (χ1v) is 10.9. The number of benzene rings is 1. The molecule has 10 heteroatoms. The normalized spacial score (nSPS) is 11.5. The van der Waals surface area contributed by atoms with Crippen LogP contribution in [-0.4, -0.2) is 68.1 Å². The third kappa shape index (κ3) is 8.80. The number of amides is 3. The molecule has 0 unspecified atom stereocenters. The molecule has 0 saturated carbocycles. The van der Waals surface area contributed by atoms with Crippen LogP contribution in [0.3, 0.4) is 0 Å². The number of nitrogens with one attached hydrogen (secondary N) is 2. The zero-order valence-electron chi connectivity index (χ0n) is 18.8. The number of aromatic nitrogens is 1. The Morgan fingerprint density at radius 3 is 2.39 bits per heavy atom. The Bertz CT molecular complexity index is 895. The molecule has 0 bridgehead atoms. The molecule has 1 atom stereocenters. The molecule has 2 aromatic rings. The van der Waals surface area contributed by atoms with Gasteiger partial charge in [0.25, 0.3) is 0 Å². The van der Waals surface area contributed by atoms with E-state index in [4.69, 9.17) is 21.1 Å². The fourth-order valence-electron chi connectivity index (χ4n) is 3.08. The maximum Gasteiger partial charge on any atom is 0.247 e. The van der Waals surface area contributed by atoms with Crippen LogP contribution < -0.4 is 10.6 Å². The van der Waals surface area contributed by atoms with Crippen LogP contribution in [0.25, 0.3) is 0 Å². The summed E-state index contributed by atoms with van der Waals surface area (Å²) >= 11 is 6.01. The second kappa shape index (κ2) is 14.2. The van der Waals surface area contributed by atoms with Gasteiger partial charge in [-0.05, 0) is 29.8 Å². The first kappa shape index (κ1) is 26.2. The molecule has 0 aliphatic carbocycles. The molecule has 0 aliphatic rings. The van der Waals surface area contributed by atoms with Gasteiger partial charge in [0.1, 0.15) is 11.9 Å². The van der Waals surface area contributed by atoms with Gasteiger partial charge < -0.3 is 25.0 Å². The van der Waals surface area contributed by atoms with Crippen LogP contribution in [0.15, 0.2) is 48.7 Å². The smallest absolute Gasteiger partial charge is 0.247 e. The highest BCUT2D eigenvalue weighted by atomic mass is 35.5. The topological polar surface area (TPSA) is 110 Å². The van der Waals surface area contributed by atoms with E-state index in [9.17, 15) is 14.4 Å². The zero-order chi connectivity index (χ0) is 24.1. The predicted molar refractivity (Wildman–Crippen MR) is 125 cm³/mol. The Balaban J connectivity index is 2.17. The molecule has 2 rings (SSSR count). The number of halogens is 1. The fourth-order valence-corrected chi connectivity index (χ4v) is 3.21. The van der Waals surface area contributed by atoms with E-state index in [1.807, 2.05) is 0 Å². The largest absolute Gasteiger partial charge is 0.383 e. The minimum Gasteiger partial charge on any atom is -0.383 e. The van der Waals surface area contributed by atoms with Crippen LogP contribution in [0.5, 0.6) is 0 Å². The molecule has 1 aromatic carbocycles. The summed E-state index contributed by atoms with van der Waals surface area (Å²) in [5.74, 6) is -0.661. The van der Waals surface area contributed by atoms with Crippen molar-refractivity contribution in [2.45, 2.75) is 18.9 Å². The minimum absolute atomic E-state index is 0.0580. The van der Waals surface area contributed by atoms with Gasteiger partial charge in [-0.3, -0.25) is 14.4 Å². The summed E-state index contributed by atoms with van der Waals surface area (Å²) in [4.78, 5) is 44.0. The molecule has 0 fully saturated rings. The third-order valence-corrected chi connectivity index (χ3v) is 4.96. The molecular weight excluding hydrogens is 448 g/mol.